The molecule has 0 spiro atoms. The number of rotatable bonds is 4. The molecule has 0 bridgehead atoms. The average molecular weight is 227 g/mol. The highest BCUT2D eigenvalue weighted by molar-refractivity contribution is 6.64. The zero-order chi connectivity index (χ0) is 11.4. The van der Waals surface area contributed by atoms with Crippen LogP contribution in [0, 0.1) is 0 Å². The molecule has 82 valence electrons. The largest absolute Gasteiger partial charge is 0.482 e. The fraction of sp³-hybridized carbons (Fsp3) is 0.417. The predicted octanol–water partition coefficient (Wildman–Crippen LogP) is 3.34. The molecular weight excluding hydrogens is 212 g/mol. The Morgan fingerprint density at radius 1 is 1.33 bits per heavy atom. The van der Waals surface area contributed by atoms with Crippen molar-refractivity contribution in [3.8, 4) is 5.75 Å². The van der Waals surface area contributed by atoms with E-state index < -0.39 is 11.3 Å². The minimum Gasteiger partial charge on any atom is -0.482 e. The lowest BCUT2D eigenvalue weighted by atomic mass is 10.0. The summed E-state index contributed by atoms with van der Waals surface area (Å²) in [5.41, 5.74) is 1.18. The van der Waals surface area contributed by atoms with E-state index in [1.807, 2.05) is 24.3 Å². The molecule has 1 atom stereocenters. The molecule has 1 aromatic rings. The number of carbonyl (C=O) groups is 1. The molecule has 0 aliphatic carbocycles. The van der Waals surface area contributed by atoms with Crippen molar-refractivity contribution in [2.75, 3.05) is 0 Å². The third kappa shape index (κ3) is 3.56. The summed E-state index contributed by atoms with van der Waals surface area (Å²) in [6.07, 6.45) is -0.603. The van der Waals surface area contributed by atoms with Crippen molar-refractivity contribution >= 4 is 16.8 Å². The fourth-order valence-corrected chi connectivity index (χ4v) is 1.24. The van der Waals surface area contributed by atoms with Crippen molar-refractivity contribution in [2.24, 2.45) is 0 Å². The Morgan fingerprint density at radius 3 is 2.53 bits per heavy atom. The molecule has 0 saturated heterocycles. The third-order valence-corrected chi connectivity index (χ3v) is 2.46. The van der Waals surface area contributed by atoms with Crippen molar-refractivity contribution in [1.82, 2.24) is 0 Å². The second-order valence-electron chi connectivity index (χ2n) is 3.79. The van der Waals surface area contributed by atoms with Gasteiger partial charge in [-0.25, -0.2) is 0 Å². The lowest BCUT2D eigenvalue weighted by Gasteiger charge is -2.12. The Labute approximate surface area is 95.2 Å². The molecule has 3 heteroatoms. The Balaban J connectivity index is 2.78. The molecule has 0 N–H and O–H groups in total. The zero-order valence-corrected chi connectivity index (χ0v) is 9.91. The molecule has 0 radical (unpaired) electrons. The van der Waals surface area contributed by atoms with Gasteiger partial charge in [0.25, 0.3) is 5.24 Å². The molecule has 0 aromatic heterocycles. The van der Waals surface area contributed by atoms with E-state index in [4.69, 9.17) is 16.3 Å². The van der Waals surface area contributed by atoms with Crippen molar-refractivity contribution in [1.29, 1.82) is 0 Å². The highest BCUT2D eigenvalue weighted by atomic mass is 35.5. The molecule has 0 saturated carbocycles. The summed E-state index contributed by atoms with van der Waals surface area (Å²) in [5, 5.41) is -0.482. The quantitative estimate of drug-likeness (QED) is 0.736. The molecule has 0 aliphatic rings. The van der Waals surface area contributed by atoms with E-state index in [2.05, 4.69) is 13.8 Å². The Morgan fingerprint density at radius 2 is 2.00 bits per heavy atom. The minimum absolute atomic E-state index is 0.440. The fourth-order valence-electron chi connectivity index (χ4n) is 1.20. The van der Waals surface area contributed by atoms with Crippen LogP contribution in [0.1, 0.15) is 32.3 Å². The number of hydrogen-bond acceptors (Lipinski definition) is 2. The first kappa shape index (κ1) is 12.1. The SMILES string of the molecule is CC(Oc1cccc(C(C)C)c1)C(=O)Cl. The summed E-state index contributed by atoms with van der Waals surface area (Å²) in [6, 6.07) is 7.70. The van der Waals surface area contributed by atoms with Gasteiger partial charge in [-0.05, 0) is 42.1 Å². The van der Waals surface area contributed by atoms with Gasteiger partial charge >= 0.3 is 0 Å². The van der Waals surface area contributed by atoms with Crippen molar-refractivity contribution in [2.45, 2.75) is 32.8 Å². The number of hydrogen-bond donors (Lipinski definition) is 0. The van der Waals surface area contributed by atoms with E-state index in [1.54, 1.807) is 6.92 Å². The molecule has 0 fully saturated rings. The van der Waals surface area contributed by atoms with Crippen LogP contribution in [0.25, 0.3) is 0 Å². The van der Waals surface area contributed by atoms with Gasteiger partial charge in [0.15, 0.2) is 6.10 Å². The number of halogens is 1. The molecular formula is C12H15ClO2. The van der Waals surface area contributed by atoms with Crippen LogP contribution >= 0.6 is 11.6 Å². The van der Waals surface area contributed by atoms with Gasteiger partial charge in [-0.2, -0.15) is 0 Å². The maximum atomic E-state index is 10.8. The summed E-state index contributed by atoms with van der Waals surface area (Å²) in [7, 11) is 0. The van der Waals surface area contributed by atoms with Crippen LogP contribution in [-0.4, -0.2) is 11.3 Å². The van der Waals surface area contributed by atoms with E-state index in [-0.39, 0.29) is 0 Å². The van der Waals surface area contributed by atoms with E-state index in [9.17, 15) is 4.79 Å². The summed E-state index contributed by atoms with van der Waals surface area (Å²) < 4.78 is 5.39. The molecule has 2 nitrogen and oxygen atoms in total. The van der Waals surface area contributed by atoms with Gasteiger partial charge in [-0.15, -0.1) is 0 Å². The Hall–Kier alpha value is -1.02. The summed E-state index contributed by atoms with van der Waals surface area (Å²) >= 11 is 5.32. The topological polar surface area (TPSA) is 26.3 Å². The molecule has 1 unspecified atom stereocenters. The van der Waals surface area contributed by atoms with Gasteiger partial charge in [0.05, 0.1) is 0 Å². The van der Waals surface area contributed by atoms with E-state index in [0.717, 1.165) is 0 Å². The zero-order valence-electron chi connectivity index (χ0n) is 9.16. The Kier molecular flexibility index (Phi) is 4.15. The monoisotopic (exact) mass is 226 g/mol. The van der Waals surface area contributed by atoms with Crippen LogP contribution in [0.3, 0.4) is 0 Å². The summed E-state index contributed by atoms with van der Waals surface area (Å²) in [4.78, 5) is 10.8. The van der Waals surface area contributed by atoms with Gasteiger partial charge in [0.2, 0.25) is 0 Å². The molecule has 0 aliphatic heterocycles. The summed E-state index contributed by atoms with van der Waals surface area (Å²) in [6.45, 7) is 5.85. The van der Waals surface area contributed by atoms with Crippen LogP contribution in [0.5, 0.6) is 5.75 Å². The second kappa shape index (κ2) is 5.17. The van der Waals surface area contributed by atoms with Gasteiger partial charge < -0.3 is 4.74 Å². The van der Waals surface area contributed by atoms with E-state index >= 15 is 0 Å². The molecule has 15 heavy (non-hydrogen) atoms. The van der Waals surface area contributed by atoms with Gasteiger partial charge in [0.1, 0.15) is 5.75 Å². The molecule has 1 rings (SSSR count). The van der Waals surface area contributed by atoms with Gasteiger partial charge in [-0.3, -0.25) is 4.79 Å². The molecule has 0 amide bonds. The van der Waals surface area contributed by atoms with Crippen LogP contribution in [0.15, 0.2) is 24.3 Å². The van der Waals surface area contributed by atoms with E-state index in [0.29, 0.717) is 11.7 Å². The van der Waals surface area contributed by atoms with Crippen molar-refractivity contribution in [3.05, 3.63) is 29.8 Å². The second-order valence-corrected chi connectivity index (χ2v) is 4.16. The van der Waals surface area contributed by atoms with Crippen LogP contribution in [0.2, 0.25) is 0 Å². The third-order valence-electron chi connectivity index (χ3n) is 2.16. The molecule has 0 heterocycles. The maximum Gasteiger partial charge on any atom is 0.262 e. The van der Waals surface area contributed by atoms with Crippen LogP contribution in [-0.2, 0) is 4.79 Å². The lowest BCUT2D eigenvalue weighted by molar-refractivity contribution is -0.117. The highest BCUT2D eigenvalue weighted by Crippen LogP contribution is 2.21. The predicted molar refractivity (Wildman–Crippen MR) is 61.5 cm³/mol. The number of benzene rings is 1. The van der Waals surface area contributed by atoms with Gasteiger partial charge in [-0.1, -0.05) is 26.0 Å². The van der Waals surface area contributed by atoms with Crippen molar-refractivity contribution < 1.29 is 9.53 Å². The Bertz CT molecular complexity index is 347. The minimum atomic E-state index is -0.603. The van der Waals surface area contributed by atoms with Crippen molar-refractivity contribution in [3.63, 3.8) is 0 Å². The summed E-state index contributed by atoms with van der Waals surface area (Å²) in [5.74, 6) is 1.12. The van der Waals surface area contributed by atoms with Gasteiger partial charge in [0, 0.05) is 0 Å². The first-order chi connectivity index (χ1) is 7.00. The number of carbonyl (C=O) groups excluding carboxylic acids is 1. The first-order valence-corrected chi connectivity index (χ1v) is 5.34. The highest BCUT2D eigenvalue weighted by Gasteiger charge is 2.11. The van der Waals surface area contributed by atoms with Crippen LogP contribution < -0.4 is 4.74 Å². The molecule has 1 aromatic carbocycles. The van der Waals surface area contributed by atoms with E-state index in [1.165, 1.54) is 5.56 Å². The normalized spacial score (nSPS) is 12.6. The first-order valence-electron chi connectivity index (χ1n) is 4.96. The standard InChI is InChI=1S/C12H15ClO2/c1-8(2)10-5-4-6-11(7-10)15-9(3)12(13)14/h4-9H,1-3H3. The average Bonchev–Trinajstić information content (AvgIpc) is 2.18. The van der Waals surface area contributed by atoms with Crippen LogP contribution in [0.4, 0.5) is 0 Å². The lowest BCUT2D eigenvalue weighted by Crippen LogP contribution is -2.18. The number of ether oxygens (including phenoxy) is 1. The smallest absolute Gasteiger partial charge is 0.262 e. The maximum absolute atomic E-state index is 10.8.